The number of halogens is 1. The monoisotopic (exact) mass is 433 g/mol. The first-order chi connectivity index (χ1) is 15.4. The fraction of sp³-hybridized carbons (Fsp3) is 0.250. The Morgan fingerprint density at radius 1 is 1.19 bits per heavy atom. The molecule has 32 heavy (non-hydrogen) atoms. The number of rotatable bonds is 6. The molecule has 0 amide bonds. The Hall–Kier alpha value is -3.49. The highest BCUT2D eigenvalue weighted by Gasteiger charge is 2.26. The maximum Gasteiger partial charge on any atom is 0.229 e. The third kappa shape index (κ3) is 4.15. The van der Waals surface area contributed by atoms with E-state index in [4.69, 9.17) is 4.42 Å². The average molecular weight is 433 g/mol. The Morgan fingerprint density at radius 2 is 1.97 bits per heavy atom. The minimum atomic E-state index is -0.518. The van der Waals surface area contributed by atoms with Crippen molar-refractivity contribution in [3.8, 4) is 16.9 Å². The molecule has 2 N–H and O–H groups in total. The molecule has 0 unspecified atom stereocenters. The van der Waals surface area contributed by atoms with Gasteiger partial charge in [-0.2, -0.15) is 4.98 Å². The van der Waals surface area contributed by atoms with Gasteiger partial charge < -0.3 is 19.4 Å². The largest absolute Gasteiger partial charge is 0.472 e. The van der Waals surface area contributed by atoms with Crippen molar-refractivity contribution >= 4 is 11.6 Å². The molecule has 8 heteroatoms. The number of aryl methyl sites for hydroxylation is 2. The van der Waals surface area contributed by atoms with E-state index in [1.807, 2.05) is 44.4 Å². The summed E-state index contributed by atoms with van der Waals surface area (Å²) in [6.07, 6.45) is 7.89. The Labute approximate surface area is 185 Å². The Balaban J connectivity index is 1.49. The van der Waals surface area contributed by atoms with Crippen LogP contribution in [-0.2, 0) is 6.54 Å². The first-order valence-electron chi connectivity index (χ1n) is 10.5. The number of nitrogens with one attached hydrogen (secondary N) is 1. The number of aromatic nitrogens is 3. The lowest BCUT2D eigenvalue weighted by Crippen LogP contribution is -2.49. The second-order valence-corrected chi connectivity index (χ2v) is 8.33. The summed E-state index contributed by atoms with van der Waals surface area (Å²) in [7, 11) is 0. The molecule has 0 atom stereocenters. The number of aliphatic hydroxyl groups excluding tert-OH is 1. The number of hydrogen-bond donors (Lipinski definition) is 2. The van der Waals surface area contributed by atoms with Gasteiger partial charge in [0.15, 0.2) is 11.6 Å². The van der Waals surface area contributed by atoms with Crippen molar-refractivity contribution in [3.05, 3.63) is 77.9 Å². The van der Waals surface area contributed by atoms with Crippen molar-refractivity contribution in [2.75, 3.05) is 18.4 Å². The summed E-state index contributed by atoms with van der Waals surface area (Å²) in [5.41, 5.74) is 5.92. The second-order valence-electron chi connectivity index (χ2n) is 8.33. The zero-order valence-electron chi connectivity index (χ0n) is 17.9. The quantitative estimate of drug-likeness (QED) is 0.474. The zero-order valence-corrected chi connectivity index (χ0v) is 17.9. The van der Waals surface area contributed by atoms with E-state index in [1.165, 1.54) is 6.20 Å². The first kappa shape index (κ1) is 20.4. The van der Waals surface area contributed by atoms with Crippen molar-refractivity contribution < 1.29 is 13.9 Å². The molecule has 1 aliphatic heterocycles. The van der Waals surface area contributed by atoms with Gasteiger partial charge in [-0.1, -0.05) is 6.07 Å². The van der Waals surface area contributed by atoms with Crippen LogP contribution < -0.4 is 5.32 Å². The number of likely N-dealkylation sites (tertiary alicyclic amines) is 1. The van der Waals surface area contributed by atoms with Crippen LogP contribution in [0.15, 0.2) is 59.8 Å². The van der Waals surface area contributed by atoms with Gasteiger partial charge in [-0.3, -0.25) is 4.90 Å². The van der Waals surface area contributed by atoms with Gasteiger partial charge in [-0.05, 0) is 48.7 Å². The molecular weight excluding hydrogens is 409 g/mol. The first-order valence-corrected chi connectivity index (χ1v) is 10.5. The van der Waals surface area contributed by atoms with Gasteiger partial charge in [-0.15, -0.1) is 0 Å². The highest BCUT2D eigenvalue weighted by atomic mass is 19.1. The van der Waals surface area contributed by atoms with E-state index in [2.05, 4.69) is 26.3 Å². The van der Waals surface area contributed by atoms with Crippen LogP contribution in [0.1, 0.15) is 16.7 Å². The van der Waals surface area contributed by atoms with Crippen molar-refractivity contribution in [1.29, 1.82) is 0 Å². The van der Waals surface area contributed by atoms with Crippen LogP contribution in [0.25, 0.3) is 16.9 Å². The molecule has 1 aromatic carbocycles. The molecule has 0 spiro atoms. The predicted octanol–water partition coefficient (Wildman–Crippen LogP) is 4.20. The highest BCUT2D eigenvalue weighted by Crippen LogP contribution is 2.30. The highest BCUT2D eigenvalue weighted by molar-refractivity contribution is 5.67. The van der Waals surface area contributed by atoms with Gasteiger partial charge in [0.05, 0.1) is 24.8 Å². The summed E-state index contributed by atoms with van der Waals surface area (Å²) in [6, 6.07) is 7.94. The predicted molar refractivity (Wildman–Crippen MR) is 120 cm³/mol. The summed E-state index contributed by atoms with van der Waals surface area (Å²) >= 11 is 0. The molecule has 0 bridgehead atoms. The Bertz CT molecular complexity index is 1230. The van der Waals surface area contributed by atoms with Crippen LogP contribution in [0, 0.1) is 19.7 Å². The van der Waals surface area contributed by atoms with E-state index in [9.17, 15) is 9.50 Å². The molecule has 3 aromatic heterocycles. The van der Waals surface area contributed by atoms with Gasteiger partial charge in [0.1, 0.15) is 0 Å². The van der Waals surface area contributed by atoms with Gasteiger partial charge in [0.2, 0.25) is 5.95 Å². The summed E-state index contributed by atoms with van der Waals surface area (Å²) in [4.78, 5) is 10.7. The lowest BCUT2D eigenvalue weighted by atomic mass is 10.1. The zero-order chi connectivity index (χ0) is 22.2. The number of anilines is 2. The molecule has 7 nitrogen and oxygen atoms in total. The Morgan fingerprint density at radius 3 is 2.66 bits per heavy atom. The van der Waals surface area contributed by atoms with Crippen LogP contribution in [0.3, 0.4) is 0 Å². The summed E-state index contributed by atoms with van der Waals surface area (Å²) in [6.45, 7) is 5.94. The fourth-order valence-corrected chi connectivity index (χ4v) is 4.11. The number of benzene rings is 1. The molecule has 0 saturated carbocycles. The van der Waals surface area contributed by atoms with Gasteiger partial charge in [-0.25, -0.2) is 9.37 Å². The number of furan rings is 1. The van der Waals surface area contributed by atoms with E-state index in [1.54, 1.807) is 17.1 Å². The molecule has 0 radical (unpaired) electrons. The van der Waals surface area contributed by atoms with Crippen molar-refractivity contribution in [2.24, 2.45) is 0 Å². The number of hydrogen-bond acceptors (Lipinski definition) is 6. The molecule has 1 fully saturated rings. The maximum absolute atomic E-state index is 14.8. The van der Waals surface area contributed by atoms with Crippen LogP contribution in [-0.4, -0.2) is 43.7 Å². The number of aliphatic hydroxyl groups is 1. The molecule has 1 saturated heterocycles. The van der Waals surface area contributed by atoms with E-state index in [0.29, 0.717) is 25.6 Å². The molecule has 164 valence electrons. The standard InChI is InChI=1S/C24H24FN5O2/c1-15-5-16(2)7-19(6-15)27-24-26-8-22(25)23(28-24)30-10-18(9-29-11-20(31)12-29)21(13-30)17-3-4-32-14-17/h3-8,10,13-14,20,31H,9,11-12H2,1-2H3,(H,26,27,28). The maximum atomic E-state index is 14.8. The lowest BCUT2D eigenvalue weighted by Gasteiger charge is -2.35. The van der Waals surface area contributed by atoms with E-state index >= 15 is 0 Å². The third-order valence-electron chi connectivity index (χ3n) is 5.52. The normalized spacial score (nSPS) is 14.5. The third-order valence-corrected chi connectivity index (χ3v) is 5.52. The Kier molecular flexibility index (Phi) is 5.24. The van der Waals surface area contributed by atoms with E-state index < -0.39 is 5.82 Å². The summed E-state index contributed by atoms with van der Waals surface area (Å²) in [5, 5.41) is 12.8. The second kappa shape index (κ2) is 8.22. The molecule has 0 aliphatic carbocycles. The van der Waals surface area contributed by atoms with E-state index in [-0.39, 0.29) is 11.9 Å². The van der Waals surface area contributed by atoms with Gasteiger partial charge in [0.25, 0.3) is 0 Å². The smallest absolute Gasteiger partial charge is 0.229 e. The van der Waals surface area contributed by atoms with Crippen LogP contribution >= 0.6 is 0 Å². The van der Waals surface area contributed by atoms with Crippen molar-refractivity contribution in [3.63, 3.8) is 0 Å². The SMILES string of the molecule is Cc1cc(C)cc(Nc2ncc(F)c(-n3cc(CN4CC(O)C4)c(-c4ccoc4)c3)n2)c1. The van der Waals surface area contributed by atoms with Crippen LogP contribution in [0.2, 0.25) is 0 Å². The van der Waals surface area contributed by atoms with E-state index in [0.717, 1.165) is 33.5 Å². The topological polar surface area (TPSA) is 79.4 Å². The number of β-amino-alcohol motifs (C(OH)–C–C–N with tert-alkyl or cyclic N) is 1. The van der Waals surface area contributed by atoms with Gasteiger partial charge >= 0.3 is 0 Å². The van der Waals surface area contributed by atoms with Crippen molar-refractivity contribution in [2.45, 2.75) is 26.5 Å². The molecule has 1 aliphatic rings. The number of nitrogens with zero attached hydrogens (tertiary/aromatic N) is 4. The minimum Gasteiger partial charge on any atom is -0.472 e. The molecule has 5 rings (SSSR count). The molecular formula is C24H24FN5O2. The van der Waals surface area contributed by atoms with Crippen molar-refractivity contribution in [1.82, 2.24) is 19.4 Å². The molecule has 4 heterocycles. The summed E-state index contributed by atoms with van der Waals surface area (Å²) < 4.78 is 21.7. The fourth-order valence-electron chi connectivity index (χ4n) is 4.11. The average Bonchev–Trinajstić information content (AvgIpc) is 3.37. The molecule has 4 aromatic rings. The van der Waals surface area contributed by atoms with Crippen LogP contribution in [0.5, 0.6) is 0 Å². The van der Waals surface area contributed by atoms with Gasteiger partial charge in [0, 0.05) is 48.8 Å². The minimum absolute atomic E-state index is 0.159. The van der Waals surface area contributed by atoms with Crippen LogP contribution in [0.4, 0.5) is 16.0 Å². The summed E-state index contributed by atoms with van der Waals surface area (Å²) in [5.74, 6) is -0.0421. The lowest BCUT2D eigenvalue weighted by molar-refractivity contribution is -0.00277.